The number of thiophene rings is 1. The number of amides is 3. The van der Waals surface area contributed by atoms with Crippen LogP contribution in [-0.4, -0.2) is 40.5 Å². The van der Waals surface area contributed by atoms with E-state index >= 15 is 0 Å². The second-order valence-corrected chi connectivity index (χ2v) is 8.76. The highest BCUT2D eigenvalue weighted by Gasteiger charge is 2.27. The fourth-order valence-corrected chi connectivity index (χ4v) is 4.77. The van der Waals surface area contributed by atoms with Gasteiger partial charge in [0.15, 0.2) is 5.16 Å². The maximum atomic E-state index is 13.1. The number of ether oxygens (including phenoxy) is 1. The lowest BCUT2D eigenvalue weighted by Crippen LogP contribution is -2.42. The van der Waals surface area contributed by atoms with E-state index < -0.39 is 17.2 Å². The van der Waals surface area contributed by atoms with Crippen LogP contribution in [0.3, 0.4) is 0 Å². The first-order valence-electron chi connectivity index (χ1n) is 8.43. The number of hydrogen-bond donors (Lipinski definition) is 2. The minimum atomic E-state index is -0.907. The normalized spacial score (nSPS) is 12.5. The van der Waals surface area contributed by atoms with Crippen LogP contribution in [-0.2, 0) is 16.1 Å². The minimum absolute atomic E-state index is 0.107. The third-order valence-electron chi connectivity index (χ3n) is 4.12. The van der Waals surface area contributed by atoms with Gasteiger partial charge in [-0.05, 0) is 25.3 Å². The first-order valence-corrected chi connectivity index (χ1v) is 10.1. The molecule has 8 nitrogen and oxygen atoms in total. The summed E-state index contributed by atoms with van der Waals surface area (Å²) in [6.45, 7) is 8.22. The van der Waals surface area contributed by atoms with Crippen LogP contribution in [0.5, 0.6) is 0 Å². The molecule has 1 atom stereocenters. The summed E-state index contributed by atoms with van der Waals surface area (Å²) in [6, 6.07) is -0.907. The molecule has 3 N–H and O–H groups in total. The standard InChI is InChI=1S/C17H24N4O4S2/c1-8(2)12(13(22)19-16(18)24)27-17-20-14-11(9(3)10(4)26-14)15(23)21(17)6-7-25-5/h8,12H,6-7H2,1-5H3,(H3,18,19,22,24)/t12-/m0/s1. The zero-order chi connectivity index (χ0) is 20.3. The Balaban J connectivity index is 2.55. The maximum Gasteiger partial charge on any atom is 0.318 e. The lowest BCUT2D eigenvalue weighted by atomic mass is 10.1. The van der Waals surface area contributed by atoms with Crippen LogP contribution in [0.25, 0.3) is 10.2 Å². The van der Waals surface area contributed by atoms with Gasteiger partial charge in [-0.3, -0.25) is 19.5 Å². The van der Waals surface area contributed by atoms with Crippen LogP contribution >= 0.6 is 23.1 Å². The number of methoxy groups -OCH3 is 1. The summed E-state index contributed by atoms with van der Waals surface area (Å²) in [5.74, 6) is -0.613. The number of aromatic nitrogens is 2. The molecule has 0 saturated heterocycles. The number of fused-ring (bicyclic) bond motifs is 1. The van der Waals surface area contributed by atoms with Gasteiger partial charge in [0.2, 0.25) is 5.91 Å². The molecule has 0 aliphatic carbocycles. The third kappa shape index (κ3) is 4.69. The predicted molar refractivity (Wildman–Crippen MR) is 107 cm³/mol. The van der Waals surface area contributed by atoms with E-state index in [-0.39, 0.29) is 11.5 Å². The van der Waals surface area contributed by atoms with E-state index in [0.717, 1.165) is 22.2 Å². The van der Waals surface area contributed by atoms with Crippen LogP contribution in [0.2, 0.25) is 0 Å². The Morgan fingerprint density at radius 1 is 1.37 bits per heavy atom. The van der Waals surface area contributed by atoms with Crippen molar-refractivity contribution >= 4 is 45.3 Å². The average molecular weight is 413 g/mol. The van der Waals surface area contributed by atoms with Crippen molar-refractivity contribution in [3.63, 3.8) is 0 Å². The molecule has 0 unspecified atom stereocenters. The Hall–Kier alpha value is -1.91. The molecule has 0 spiro atoms. The first-order chi connectivity index (χ1) is 12.7. The van der Waals surface area contributed by atoms with Crippen LogP contribution in [0.15, 0.2) is 9.95 Å². The molecule has 2 aromatic rings. The molecule has 2 aromatic heterocycles. The molecule has 3 amide bonds. The molecule has 0 radical (unpaired) electrons. The summed E-state index contributed by atoms with van der Waals surface area (Å²) in [6.07, 6.45) is 0. The highest BCUT2D eigenvalue weighted by Crippen LogP contribution is 2.31. The number of imide groups is 1. The molecular formula is C17H24N4O4S2. The van der Waals surface area contributed by atoms with Gasteiger partial charge >= 0.3 is 6.03 Å². The Morgan fingerprint density at radius 2 is 2.04 bits per heavy atom. The van der Waals surface area contributed by atoms with Crippen LogP contribution in [0.1, 0.15) is 24.3 Å². The Morgan fingerprint density at radius 3 is 2.59 bits per heavy atom. The number of urea groups is 1. The highest BCUT2D eigenvalue weighted by molar-refractivity contribution is 8.00. The molecule has 0 bridgehead atoms. The molecule has 0 aliphatic heterocycles. The van der Waals surface area contributed by atoms with Crippen LogP contribution in [0.4, 0.5) is 4.79 Å². The highest BCUT2D eigenvalue weighted by atomic mass is 32.2. The molecule has 2 rings (SSSR count). The van der Waals surface area contributed by atoms with E-state index in [9.17, 15) is 14.4 Å². The summed E-state index contributed by atoms with van der Waals surface area (Å²) in [5.41, 5.74) is 5.84. The first kappa shape index (κ1) is 21.4. The summed E-state index contributed by atoms with van der Waals surface area (Å²) in [7, 11) is 1.56. The number of nitrogens with two attached hydrogens (primary N) is 1. The zero-order valence-corrected chi connectivity index (χ0v) is 17.6. The number of nitrogens with zero attached hydrogens (tertiary/aromatic N) is 2. The number of nitrogens with one attached hydrogen (secondary N) is 1. The number of thioether (sulfide) groups is 1. The predicted octanol–water partition coefficient (Wildman–Crippen LogP) is 2.03. The van der Waals surface area contributed by atoms with Crippen molar-refractivity contribution < 1.29 is 14.3 Å². The Kier molecular flexibility index (Phi) is 7.01. The van der Waals surface area contributed by atoms with Gasteiger partial charge in [0.1, 0.15) is 4.83 Å². The van der Waals surface area contributed by atoms with Crippen molar-refractivity contribution in [2.75, 3.05) is 13.7 Å². The van der Waals surface area contributed by atoms with E-state index in [1.807, 2.05) is 27.7 Å². The van der Waals surface area contributed by atoms with E-state index in [4.69, 9.17) is 10.5 Å². The quantitative estimate of drug-likeness (QED) is 0.531. The monoisotopic (exact) mass is 412 g/mol. The third-order valence-corrected chi connectivity index (χ3v) is 6.75. The van der Waals surface area contributed by atoms with Crippen molar-refractivity contribution in [3.8, 4) is 0 Å². The van der Waals surface area contributed by atoms with Crippen molar-refractivity contribution in [1.82, 2.24) is 14.9 Å². The summed E-state index contributed by atoms with van der Waals surface area (Å²) >= 11 is 2.60. The van der Waals surface area contributed by atoms with E-state index in [0.29, 0.717) is 28.5 Å². The zero-order valence-electron chi connectivity index (χ0n) is 16.0. The van der Waals surface area contributed by atoms with Gasteiger partial charge in [0.05, 0.1) is 23.8 Å². The Bertz CT molecular complexity index is 920. The molecule has 0 aliphatic rings. The molecule has 0 fully saturated rings. The SMILES string of the molecule is COCCn1c(S[C@H](C(=O)NC(N)=O)C(C)C)nc2sc(C)c(C)c2c1=O. The second kappa shape index (κ2) is 8.85. The topological polar surface area (TPSA) is 116 Å². The fourth-order valence-electron chi connectivity index (χ4n) is 2.58. The van der Waals surface area contributed by atoms with Gasteiger partial charge < -0.3 is 10.5 Å². The number of carbonyl (C=O) groups excluding carboxylic acids is 2. The van der Waals surface area contributed by atoms with Crippen LogP contribution in [0, 0.1) is 19.8 Å². The molecule has 148 valence electrons. The molecule has 27 heavy (non-hydrogen) atoms. The number of rotatable bonds is 7. The van der Waals surface area contributed by atoms with Crippen molar-refractivity contribution in [2.24, 2.45) is 11.7 Å². The van der Waals surface area contributed by atoms with Gasteiger partial charge in [-0.25, -0.2) is 9.78 Å². The van der Waals surface area contributed by atoms with Gasteiger partial charge in [-0.2, -0.15) is 0 Å². The number of primary amides is 1. The molecular weight excluding hydrogens is 388 g/mol. The molecule has 0 saturated carbocycles. The van der Waals surface area contributed by atoms with Crippen molar-refractivity contribution in [2.45, 2.75) is 44.6 Å². The van der Waals surface area contributed by atoms with Crippen LogP contribution < -0.4 is 16.6 Å². The number of carbonyl (C=O) groups is 2. The van der Waals surface area contributed by atoms with E-state index in [1.54, 1.807) is 7.11 Å². The molecule has 0 aromatic carbocycles. The number of hydrogen-bond acceptors (Lipinski definition) is 7. The van der Waals surface area contributed by atoms with Gasteiger partial charge in [0, 0.05) is 12.0 Å². The second-order valence-electron chi connectivity index (χ2n) is 6.44. The lowest BCUT2D eigenvalue weighted by Gasteiger charge is -2.20. The smallest absolute Gasteiger partial charge is 0.318 e. The minimum Gasteiger partial charge on any atom is -0.383 e. The summed E-state index contributed by atoms with van der Waals surface area (Å²) < 4.78 is 6.65. The van der Waals surface area contributed by atoms with E-state index in [1.165, 1.54) is 15.9 Å². The molecule has 10 heteroatoms. The fraction of sp³-hybridized carbons (Fsp3) is 0.529. The van der Waals surface area contributed by atoms with E-state index in [2.05, 4.69) is 10.3 Å². The van der Waals surface area contributed by atoms with Crippen molar-refractivity contribution in [1.29, 1.82) is 0 Å². The summed E-state index contributed by atoms with van der Waals surface area (Å²) in [4.78, 5) is 42.8. The lowest BCUT2D eigenvalue weighted by molar-refractivity contribution is -0.120. The van der Waals surface area contributed by atoms with Gasteiger partial charge in [0.25, 0.3) is 5.56 Å². The van der Waals surface area contributed by atoms with Gasteiger partial charge in [-0.15, -0.1) is 11.3 Å². The van der Waals surface area contributed by atoms with Crippen molar-refractivity contribution in [3.05, 3.63) is 20.8 Å². The average Bonchev–Trinajstić information content (AvgIpc) is 2.85. The molecule has 2 heterocycles. The number of aryl methyl sites for hydroxylation is 2. The maximum absolute atomic E-state index is 13.1. The largest absolute Gasteiger partial charge is 0.383 e. The Labute approximate surface area is 165 Å². The summed E-state index contributed by atoms with van der Waals surface area (Å²) in [5, 5.41) is 2.51. The van der Waals surface area contributed by atoms with Gasteiger partial charge in [-0.1, -0.05) is 25.6 Å².